The van der Waals surface area contributed by atoms with Gasteiger partial charge < -0.3 is 9.67 Å². The summed E-state index contributed by atoms with van der Waals surface area (Å²) in [6.45, 7) is 4.82. The number of imidazole rings is 1. The molecule has 1 aromatic heterocycles. The monoisotopic (exact) mass is 286 g/mol. The second-order valence-corrected chi connectivity index (χ2v) is 5.42. The summed E-state index contributed by atoms with van der Waals surface area (Å²) in [6.07, 6.45) is -4.65. The van der Waals surface area contributed by atoms with Crippen LogP contribution in [0.1, 0.15) is 37.0 Å². The molecule has 1 N–H and O–H groups in total. The van der Waals surface area contributed by atoms with Gasteiger partial charge in [-0.1, -0.05) is 6.07 Å². The van der Waals surface area contributed by atoms with Crippen LogP contribution in [0.3, 0.4) is 0 Å². The van der Waals surface area contributed by atoms with Gasteiger partial charge >= 0.3 is 12.1 Å². The normalized spacial score (nSPS) is 12.9. The van der Waals surface area contributed by atoms with Crippen molar-refractivity contribution in [1.82, 2.24) is 9.55 Å². The van der Waals surface area contributed by atoms with Crippen LogP contribution < -0.4 is 0 Å². The molecule has 0 fully saturated rings. The Kier molecular flexibility index (Phi) is 3.03. The van der Waals surface area contributed by atoms with E-state index in [9.17, 15) is 18.0 Å². The first-order valence-corrected chi connectivity index (χ1v) is 5.86. The second kappa shape index (κ2) is 4.22. The topological polar surface area (TPSA) is 55.1 Å². The Morgan fingerprint density at radius 3 is 2.30 bits per heavy atom. The predicted octanol–water partition coefficient (Wildman–Crippen LogP) is 3.51. The fraction of sp³-hybridized carbons (Fsp3) is 0.385. The van der Waals surface area contributed by atoms with Gasteiger partial charge in [-0.2, -0.15) is 13.2 Å². The van der Waals surface area contributed by atoms with E-state index in [-0.39, 0.29) is 16.6 Å². The van der Waals surface area contributed by atoms with Crippen LogP contribution in [0.25, 0.3) is 11.0 Å². The molecule has 4 nitrogen and oxygen atoms in total. The third-order valence-corrected chi connectivity index (χ3v) is 2.84. The minimum atomic E-state index is -4.65. The van der Waals surface area contributed by atoms with Crippen molar-refractivity contribution >= 4 is 17.0 Å². The van der Waals surface area contributed by atoms with Crippen molar-refractivity contribution in [2.45, 2.75) is 32.5 Å². The number of alkyl halides is 3. The lowest BCUT2D eigenvalue weighted by molar-refractivity contribution is -0.148. The number of fused-ring (bicyclic) bond motifs is 1. The van der Waals surface area contributed by atoms with Crippen molar-refractivity contribution in [2.75, 3.05) is 0 Å². The highest BCUT2D eigenvalue weighted by Crippen LogP contribution is 2.36. The largest absolute Gasteiger partial charge is 0.478 e. The number of carbonyl (C=O) groups is 1. The molecule has 0 aliphatic carbocycles. The van der Waals surface area contributed by atoms with Gasteiger partial charge in [0.15, 0.2) is 0 Å². The highest BCUT2D eigenvalue weighted by molar-refractivity contribution is 6.01. The zero-order chi connectivity index (χ0) is 15.3. The highest BCUT2D eigenvalue weighted by Gasteiger charge is 2.40. The number of carboxylic acid groups (broad SMARTS) is 1. The molecule has 1 aromatic carbocycles. The van der Waals surface area contributed by atoms with Crippen LogP contribution in [0.15, 0.2) is 18.2 Å². The maximum atomic E-state index is 13.1. The maximum absolute atomic E-state index is 13.1. The van der Waals surface area contributed by atoms with Crippen LogP contribution in [0.2, 0.25) is 0 Å². The van der Waals surface area contributed by atoms with Crippen molar-refractivity contribution in [3.8, 4) is 0 Å². The molecule has 0 aliphatic heterocycles. The molecule has 7 heteroatoms. The summed E-state index contributed by atoms with van der Waals surface area (Å²) in [4.78, 5) is 14.6. The number of aromatic carboxylic acids is 1. The van der Waals surface area contributed by atoms with Gasteiger partial charge in [-0.25, -0.2) is 9.78 Å². The average molecular weight is 286 g/mol. The van der Waals surface area contributed by atoms with Gasteiger partial charge in [-0.15, -0.1) is 0 Å². The molecule has 0 bridgehead atoms. The lowest BCUT2D eigenvalue weighted by Gasteiger charge is -2.25. The number of para-hydroxylation sites is 1. The number of benzene rings is 1. The third-order valence-electron chi connectivity index (χ3n) is 2.84. The van der Waals surface area contributed by atoms with E-state index < -0.39 is 23.5 Å². The number of hydrogen-bond acceptors (Lipinski definition) is 2. The second-order valence-electron chi connectivity index (χ2n) is 5.42. The summed E-state index contributed by atoms with van der Waals surface area (Å²) in [5.74, 6) is -2.39. The number of aromatic nitrogens is 2. The summed E-state index contributed by atoms with van der Waals surface area (Å²) in [5.41, 5.74) is -1.11. The molecular weight excluding hydrogens is 273 g/mol. The van der Waals surface area contributed by atoms with Crippen LogP contribution in [-0.4, -0.2) is 20.6 Å². The van der Waals surface area contributed by atoms with Crippen molar-refractivity contribution < 1.29 is 23.1 Å². The Balaban J connectivity index is 2.94. The molecule has 108 valence electrons. The van der Waals surface area contributed by atoms with Crippen LogP contribution >= 0.6 is 0 Å². The SMILES string of the molecule is CC(C)(C)n1c(C(F)(F)F)nc2c(C(=O)O)cccc21. The highest BCUT2D eigenvalue weighted by atomic mass is 19.4. The molecule has 0 amide bonds. The van der Waals surface area contributed by atoms with E-state index in [1.165, 1.54) is 18.2 Å². The van der Waals surface area contributed by atoms with Crippen LogP contribution in [0, 0.1) is 0 Å². The Hall–Kier alpha value is -2.05. The lowest BCUT2D eigenvalue weighted by atomic mass is 10.1. The molecule has 0 aliphatic rings. The molecule has 2 rings (SSSR count). The molecule has 0 atom stereocenters. The van der Waals surface area contributed by atoms with Gasteiger partial charge in [-0.05, 0) is 32.9 Å². The molecule has 0 radical (unpaired) electrons. The predicted molar refractivity (Wildman–Crippen MR) is 66.7 cm³/mol. The zero-order valence-corrected chi connectivity index (χ0v) is 11.1. The molecule has 20 heavy (non-hydrogen) atoms. The molecule has 0 saturated heterocycles. The number of halogens is 3. The van der Waals surface area contributed by atoms with Crippen molar-refractivity contribution in [3.63, 3.8) is 0 Å². The van der Waals surface area contributed by atoms with Gasteiger partial charge in [-0.3, -0.25) is 0 Å². The van der Waals surface area contributed by atoms with Gasteiger partial charge in [0.1, 0.15) is 5.52 Å². The smallest absolute Gasteiger partial charge is 0.449 e. The molecule has 0 spiro atoms. The third kappa shape index (κ3) is 2.23. The van der Waals surface area contributed by atoms with Gasteiger partial charge in [0.2, 0.25) is 5.82 Å². The Labute approximate surface area is 112 Å². The Morgan fingerprint density at radius 2 is 1.85 bits per heavy atom. The fourth-order valence-corrected chi connectivity index (χ4v) is 2.14. The number of hydrogen-bond donors (Lipinski definition) is 1. The van der Waals surface area contributed by atoms with Crippen molar-refractivity contribution in [3.05, 3.63) is 29.6 Å². The average Bonchev–Trinajstić information content (AvgIpc) is 2.66. The Bertz CT molecular complexity index is 681. The maximum Gasteiger partial charge on any atom is 0.449 e. The molecule has 1 heterocycles. The van der Waals surface area contributed by atoms with E-state index in [1.807, 2.05) is 0 Å². The first-order valence-electron chi connectivity index (χ1n) is 5.86. The van der Waals surface area contributed by atoms with Gasteiger partial charge in [0.25, 0.3) is 0 Å². The van der Waals surface area contributed by atoms with E-state index >= 15 is 0 Å². The standard InChI is InChI=1S/C13H13F3N2O2/c1-12(2,3)18-8-6-4-5-7(10(19)20)9(8)17-11(18)13(14,15)16/h4-6H,1-3H3,(H,19,20). The molecule has 2 aromatic rings. The first kappa shape index (κ1) is 14.4. The summed E-state index contributed by atoms with van der Waals surface area (Å²) < 4.78 is 40.4. The number of rotatable bonds is 1. The summed E-state index contributed by atoms with van der Waals surface area (Å²) in [7, 11) is 0. The van der Waals surface area contributed by atoms with E-state index in [0.29, 0.717) is 0 Å². The molecule has 0 unspecified atom stereocenters. The lowest BCUT2D eigenvalue weighted by Crippen LogP contribution is -2.27. The zero-order valence-electron chi connectivity index (χ0n) is 11.1. The number of carboxylic acids is 1. The van der Waals surface area contributed by atoms with E-state index in [4.69, 9.17) is 5.11 Å². The number of nitrogens with zero attached hydrogens (tertiary/aromatic N) is 2. The minimum absolute atomic E-state index is 0.151. The van der Waals surface area contributed by atoms with Gasteiger partial charge in [0.05, 0.1) is 11.1 Å². The summed E-state index contributed by atoms with van der Waals surface area (Å²) in [5, 5.41) is 9.06. The first-order chi connectivity index (χ1) is 9.03. The van der Waals surface area contributed by atoms with Crippen LogP contribution in [0.4, 0.5) is 13.2 Å². The fourth-order valence-electron chi connectivity index (χ4n) is 2.14. The molecular formula is C13H13F3N2O2. The quantitative estimate of drug-likeness (QED) is 0.872. The van der Waals surface area contributed by atoms with Crippen molar-refractivity contribution in [2.24, 2.45) is 0 Å². The van der Waals surface area contributed by atoms with E-state index in [1.54, 1.807) is 20.8 Å². The summed E-state index contributed by atoms with van der Waals surface area (Å²) in [6, 6.07) is 4.09. The van der Waals surface area contributed by atoms with Gasteiger partial charge in [0, 0.05) is 5.54 Å². The van der Waals surface area contributed by atoms with Crippen LogP contribution in [-0.2, 0) is 11.7 Å². The Morgan fingerprint density at radius 1 is 1.25 bits per heavy atom. The minimum Gasteiger partial charge on any atom is -0.478 e. The summed E-state index contributed by atoms with van der Waals surface area (Å²) >= 11 is 0. The molecule has 0 saturated carbocycles. The van der Waals surface area contributed by atoms with E-state index in [0.717, 1.165) is 4.57 Å². The van der Waals surface area contributed by atoms with E-state index in [2.05, 4.69) is 4.98 Å². The van der Waals surface area contributed by atoms with Crippen molar-refractivity contribution in [1.29, 1.82) is 0 Å². The van der Waals surface area contributed by atoms with Crippen LogP contribution in [0.5, 0.6) is 0 Å².